The van der Waals surface area contributed by atoms with Gasteiger partial charge in [-0.15, -0.1) is 0 Å². The molecule has 144 valence electrons. The van der Waals surface area contributed by atoms with E-state index in [1.165, 1.54) is 22.5 Å². The minimum Gasteiger partial charge on any atom is -0.462 e. The summed E-state index contributed by atoms with van der Waals surface area (Å²) in [5.74, 6) is 0.680. The highest BCUT2D eigenvalue weighted by molar-refractivity contribution is 7.89. The quantitative estimate of drug-likeness (QED) is 0.750. The molecule has 1 aromatic heterocycles. The molecule has 0 bridgehead atoms. The lowest BCUT2D eigenvalue weighted by Gasteiger charge is -2.21. The number of furan rings is 1. The van der Waals surface area contributed by atoms with Crippen molar-refractivity contribution in [2.45, 2.75) is 18.2 Å². The third-order valence-corrected chi connectivity index (χ3v) is 6.28. The minimum absolute atomic E-state index is 0.0526. The van der Waals surface area contributed by atoms with Crippen LogP contribution in [-0.2, 0) is 14.8 Å². The second-order valence-corrected chi connectivity index (χ2v) is 8.26. The molecule has 1 saturated heterocycles. The van der Waals surface area contributed by atoms with E-state index in [9.17, 15) is 17.6 Å². The van der Waals surface area contributed by atoms with E-state index in [4.69, 9.17) is 4.42 Å². The van der Waals surface area contributed by atoms with E-state index in [1.54, 1.807) is 17.0 Å². The van der Waals surface area contributed by atoms with Crippen LogP contribution >= 0.6 is 0 Å². The molecule has 1 amide bonds. The van der Waals surface area contributed by atoms with Gasteiger partial charge in [0.1, 0.15) is 17.3 Å². The average molecular weight is 392 g/mol. The van der Waals surface area contributed by atoms with Crippen LogP contribution in [0.5, 0.6) is 0 Å². The Morgan fingerprint density at radius 3 is 2.48 bits per heavy atom. The summed E-state index contributed by atoms with van der Waals surface area (Å²) < 4.78 is 45.2. The lowest BCUT2D eigenvalue weighted by molar-refractivity contribution is -0.125. The molecular formula is C19H21FN2O4S. The largest absolute Gasteiger partial charge is 0.462 e. The van der Waals surface area contributed by atoms with E-state index in [-0.39, 0.29) is 17.3 Å². The van der Waals surface area contributed by atoms with Gasteiger partial charge >= 0.3 is 0 Å². The SMILES string of the molecule is Cc1ccc(/C=C/C(=O)N2CCCN(S(=O)(=O)c3ccc(F)cc3)CC2)o1. The lowest BCUT2D eigenvalue weighted by Crippen LogP contribution is -2.36. The van der Waals surface area contributed by atoms with Crippen LogP contribution in [0.1, 0.15) is 17.9 Å². The molecule has 2 aromatic rings. The van der Waals surface area contributed by atoms with Crippen molar-refractivity contribution < 1.29 is 22.0 Å². The molecule has 1 fully saturated rings. The van der Waals surface area contributed by atoms with Crippen molar-refractivity contribution in [2.75, 3.05) is 26.2 Å². The van der Waals surface area contributed by atoms with Crippen molar-refractivity contribution in [3.05, 3.63) is 59.8 Å². The molecule has 0 atom stereocenters. The van der Waals surface area contributed by atoms with Gasteiger partial charge < -0.3 is 9.32 Å². The second-order valence-electron chi connectivity index (χ2n) is 6.32. The summed E-state index contributed by atoms with van der Waals surface area (Å²) in [6.45, 7) is 3.09. The molecule has 2 heterocycles. The molecule has 0 spiro atoms. The molecule has 27 heavy (non-hydrogen) atoms. The number of aryl methyl sites for hydroxylation is 1. The molecule has 1 aliphatic heterocycles. The number of nitrogens with zero attached hydrogens (tertiary/aromatic N) is 2. The van der Waals surface area contributed by atoms with Crippen molar-refractivity contribution in [2.24, 2.45) is 0 Å². The van der Waals surface area contributed by atoms with Crippen molar-refractivity contribution in [3.63, 3.8) is 0 Å². The third kappa shape index (κ3) is 4.64. The van der Waals surface area contributed by atoms with E-state index < -0.39 is 15.8 Å². The van der Waals surface area contributed by atoms with Gasteiger partial charge in [0.05, 0.1) is 4.90 Å². The Labute approximate surface area is 157 Å². The number of hydrogen-bond acceptors (Lipinski definition) is 4. The van der Waals surface area contributed by atoms with E-state index in [0.29, 0.717) is 31.8 Å². The van der Waals surface area contributed by atoms with Crippen LogP contribution in [0, 0.1) is 12.7 Å². The summed E-state index contributed by atoms with van der Waals surface area (Å²) in [5, 5.41) is 0. The van der Waals surface area contributed by atoms with Crippen molar-refractivity contribution in [1.29, 1.82) is 0 Å². The number of amides is 1. The smallest absolute Gasteiger partial charge is 0.246 e. The molecule has 0 unspecified atom stereocenters. The number of carbonyl (C=O) groups is 1. The van der Waals surface area contributed by atoms with Gasteiger partial charge in [0.2, 0.25) is 15.9 Å². The summed E-state index contributed by atoms with van der Waals surface area (Å²) in [6, 6.07) is 8.36. The fourth-order valence-corrected chi connectivity index (χ4v) is 4.38. The summed E-state index contributed by atoms with van der Waals surface area (Å²) in [6.07, 6.45) is 3.57. The molecular weight excluding hydrogens is 371 g/mol. The number of halogens is 1. The first kappa shape index (κ1) is 19.3. The van der Waals surface area contributed by atoms with E-state index in [2.05, 4.69) is 0 Å². The first-order valence-corrected chi connectivity index (χ1v) is 10.1. The number of benzene rings is 1. The molecule has 8 heteroatoms. The highest BCUT2D eigenvalue weighted by atomic mass is 32.2. The second kappa shape index (κ2) is 8.06. The molecule has 0 N–H and O–H groups in total. The normalized spacial score (nSPS) is 16.6. The van der Waals surface area contributed by atoms with Gasteiger partial charge in [-0.1, -0.05) is 0 Å². The Bertz CT molecular complexity index is 935. The van der Waals surface area contributed by atoms with Crippen LogP contribution < -0.4 is 0 Å². The Hall–Kier alpha value is -2.45. The minimum atomic E-state index is -3.71. The Morgan fingerprint density at radius 1 is 1.07 bits per heavy atom. The van der Waals surface area contributed by atoms with Gasteiger partial charge in [-0.3, -0.25) is 4.79 Å². The maximum absolute atomic E-state index is 13.1. The Balaban J connectivity index is 1.65. The van der Waals surface area contributed by atoms with E-state index >= 15 is 0 Å². The van der Waals surface area contributed by atoms with Crippen molar-refractivity contribution >= 4 is 22.0 Å². The van der Waals surface area contributed by atoms with Gasteiger partial charge in [-0.05, 0) is 55.8 Å². The molecule has 3 rings (SSSR count). The average Bonchev–Trinajstić information content (AvgIpc) is 2.90. The summed E-state index contributed by atoms with van der Waals surface area (Å²) in [4.78, 5) is 14.1. The van der Waals surface area contributed by atoms with Gasteiger partial charge in [0.15, 0.2) is 0 Å². The molecule has 1 aromatic carbocycles. The zero-order valence-corrected chi connectivity index (χ0v) is 15.8. The van der Waals surface area contributed by atoms with Crippen LogP contribution in [0.2, 0.25) is 0 Å². The number of rotatable bonds is 4. The van der Waals surface area contributed by atoms with E-state index in [0.717, 1.165) is 17.9 Å². The van der Waals surface area contributed by atoms with Crippen molar-refractivity contribution in [1.82, 2.24) is 9.21 Å². The van der Waals surface area contributed by atoms with Crippen molar-refractivity contribution in [3.8, 4) is 0 Å². The highest BCUT2D eigenvalue weighted by Gasteiger charge is 2.27. The summed E-state index contributed by atoms with van der Waals surface area (Å²) in [5.41, 5.74) is 0. The standard InChI is InChI=1S/C19H21FN2O4S/c1-15-3-6-17(26-15)7-10-19(23)21-11-2-12-22(14-13-21)27(24,25)18-8-4-16(20)5-9-18/h3-10H,2,11-14H2,1H3/b10-7+. The first-order chi connectivity index (χ1) is 12.9. The number of carbonyl (C=O) groups excluding carboxylic acids is 1. The first-order valence-electron chi connectivity index (χ1n) is 8.65. The zero-order valence-electron chi connectivity index (χ0n) is 15.0. The van der Waals surface area contributed by atoms with Crippen LogP contribution in [-0.4, -0.2) is 49.7 Å². The van der Waals surface area contributed by atoms with Gasteiger partial charge in [0, 0.05) is 32.3 Å². The van der Waals surface area contributed by atoms with Crippen LogP contribution in [0.15, 0.2) is 51.8 Å². The zero-order chi connectivity index (χ0) is 19.4. The maximum atomic E-state index is 13.1. The fraction of sp³-hybridized carbons (Fsp3) is 0.316. The fourth-order valence-electron chi connectivity index (χ4n) is 2.91. The number of hydrogen-bond donors (Lipinski definition) is 0. The number of sulfonamides is 1. The highest BCUT2D eigenvalue weighted by Crippen LogP contribution is 2.18. The maximum Gasteiger partial charge on any atom is 0.246 e. The monoisotopic (exact) mass is 392 g/mol. The molecule has 0 aliphatic carbocycles. The predicted octanol–water partition coefficient (Wildman–Crippen LogP) is 2.66. The predicted molar refractivity (Wildman–Crippen MR) is 98.8 cm³/mol. The van der Waals surface area contributed by atoms with Gasteiger partial charge in [0.25, 0.3) is 0 Å². The molecule has 0 radical (unpaired) electrons. The Kier molecular flexibility index (Phi) is 5.76. The third-order valence-electron chi connectivity index (χ3n) is 4.37. The summed E-state index contributed by atoms with van der Waals surface area (Å²) in [7, 11) is -3.71. The van der Waals surface area contributed by atoms with E-state index in [1.807, 2.05) is 13.0 Å². The molecule has 0 saturated carbocycles. The molecule has 1 aliphatic rings. The van der Waals surface area contributed by atoms with Gasteiger partial charge in [-0.2, -0.15) is 4.31 Å². The van der Waals surface area contributed by atoms with Crippen LogP contribution in [0.3, 0.4) is 0 Å². The summed E-state index contributed by atoms with van der Waals surface area (Å²) >= 11 is 0. The Morgan fingerprint density at radius 2 is 1.81 bits per heavy atom. The topological polar surface area (TPSA) is 70.8 Å². The lowest BCUT2D eigenvalue weighted by atomic mass is 10.3. The van der Waals surface area contributed by atoms with Gasteiger partial charge in [-0.25, -0.2) is 12.8 Å². The molecule has 6 nitrogen and oxygen atoms in total. The van der Waals surface area contributed by atoms with Crippen LogP contribution in [0.4, 0.5) is 4.39 Å². The van der Waals surface area contributed by atoms with Crippen LogP contribution in [0.25, 0.3) is 6.08 Å².